The molecule has 0 saturated carbocycles. The zero-order valence-corrected chi connectivity index (χ0v) is 56.1. The maximum absolute atomic E-state index is 13.0. The maximum Gasteiger partial charge on any atom is 0.306 e. The minimum atomic E-state index is -0.768. The Kier molecular flexibility index (Phi) is 70.0. The number of unbranched alkanes of at least 4 members (excludes halogenated alkanes) is 58. The molecule has 0 amide bonds. The van der Waals surface area contributed by atoms with Crippen molar-refractivity contribution in [3.8, 4) is 0 Å². The van der Waals surface area contributed by atoms with Crippen molar-refractivity contribution in [1.82, 2.24) is 0 Å². The van der Waals surface area contributed by atoms with Gasteiger partial charge >= 0.3 is 17.9 Å². The molecule has 6 nitrogen and oxygen atoms in total. The van der Waals surface area contributed by atoms with Crippen LogP contribution in [-0.2, 0) is 28.6 Å². The summed E-state index contributed by atoms with van der Waals surface area (Å²) in [4.78, 5) is 38.5. The Morgan fingerprint density at radius 1 is 0.232 bits per heavy atom. The zero-order chi connectivity index (χ0) is 59.2. The summed E-state index contributed by atoms with van der Waals surface area (Å²) in [6, 6.07) is 0. The summed E-state index contributed by atoms with van der Waals surface area (Å²) in [5, 5.41) is 0. The quantitative estimate of drug-likeness (QED) is 0.0261. The fourth-order valence-corrected chi connectivity index (χ4v) is 11.9. The van der Waals surface area contributed by atoms with Crippen LogP contribution in [0.3, 0.4) is 0 Å². The lowest BCUT2D eigenvalue weighted by molar-refractivity contribution is -0.167. The molecule has 486 valence electrons. The highest BCUT2D eigenvalue weighted by Gasteiger charge is 2.20. The number of esters is 3. The summed E-state index contributed by atoms with van der Waals surface area (Å²) in [7, 11) is 0. The molecule has 0 aromatic carbocycles. The third-order valence-corrected chi connectivity index (χ3v) is 17.5. The van der Waals surface area contributed by atoms with E-state index in [-0.39, 0.29) is 31.1 Å². The molecule has 0 rings (SSSR count). The number of allylic oxidation sites excluding steroid dienone is 2. The van der Waals surface area contributed by atoms with Crippen LogP contribution in [0.2, 0.25) is 0 Å². The molecule has 1 atom stereocenters. The van der Waals surface area contributed by atoms with Gasteiger partial charge in [0.25, 0.3) is 0 Å². The highest BCUT2D eigenvalue weighted by atomic mass is 16.6. The van der Waals surface area contributed by atoms with E-state index in [1.165, 1.54) is 340 Å². The van der Waals surface area contributed by atoms with Crippen LogP contribution in [0, 0.1) is 0 Å². The molecular weight excluding hydrogens is 1010 g/mol. The van der Waals surface area contributed by atoms with Crippen molar-refractivity contribution < 1.29 is 28.6 Å². The van der Waals surface area contributed by atoms with Crippen LogP contribution >= 0.6 is 0 Å². The van der Waals surface area contributed by atoms with Crippen molar-refractivity contribution in [3.63, 3.8) is 0 Å². The van der Waals surface area contributed by atoms with Gasteiger partial charge in [0.2, 0.25) is 0 Å². The molecule has 0 heterocycles. The molecule has 82 heavy (non-hydrogen) atoms. The van der Waals surface area contributed by atoms with E-state index >= 15 is 0 Å². The number of hydrogen-bond acceptors (Lipinski definition) is 6. The van der Waals surface area contributed by atoms with Gasteiger partial charge in [0.1, 0.15) is 13.2 Å². The minimum Gasteiger partial charge on any atom is -0.462 e. The molecule has 0 saturated heterocycles. The van der Waals surface area contributed by atoms with Crippen LogP contribution in [0.25, 0.3) is 0 Å². The highest BCUT2D eigenvalue weighted by Crippen LogP contribution is 2.20. The molecule has 1 unspecified atom stereocenters. The number of rotatable bonds is 71. The summed E-state index contributed by atoms with van der Waals surface area (Å²) in [6.45, 7) is 6.74. The second-order valence-corrected chi connectivity index (χ2v) is 25.9. The lowest BCUT2D eigenvalue weighted by Crippen LogP contribution is -2.30. The van der Waals surface area contributed by atoms with Crippen molar-refractivity contribution in [2.45, 2.75) is 444 Å². The SMILES string of the molecule is CCCCCCCCCC/C=C\CCCCCCCCCCCC(=O)OC(COC(=O)CCCCCCCCCCCCCCCCCC)COC(=O)CCCCCCCCCCCCCCCCCCCCCCCCCCCCC. The average molecular weight is 1160 g/mol. The van der Waals surface area contributed by atoms with Gasteiger partial charge < -0.3 is 14.2 Å². The standard InChI is InChI=1S/C76H146O6/c1-4-7-10-13-16-19-22-25-28-31-33-35-36-37-38-39-40-42-43-45-48-51-54-57-60-63-66-69-75(78)81-72-73(71-80-74(77)68-65-62-59-56-53-50-47-30-27-24-21-18-15-12-9-6-3)82-76(79)70-67-64-61-58-55-52-49-46-44-41-34-32-29-26-23-20-17-14-11-8-5-2/h32,34,73H,4-31,33,35-72H2,1-3H3/b34-32-. The Bertz CT molecular complexity index is 1280. The van der Waals surface area contributed by atoms with Gasteiger partial charge in [-0.2, -0.15) is 0 Å². The predicted molar refractivity (Wildman–Crippen MR) is 358 cm³/mol. The second-order valence-electron chi connectivity index (χ2n) is 25.9. The maximum atomic E-state index is 13.0. The Morgan fingerprint density at radius 3 is 0.610 bits per heavy atom. The van der Waals surface area contributed by atoms with Crippen LogP contribution in [0.15, 0.2) is 12.2 Å². The van der Waals surface area contributed by atoms with Crippen molar-refractivity contribution in [1.29, 1.82) is 0 Å². The lowest BCUT2D eigenvalue weighted by Gasteiger charge is -2.18. The molecule has 6 heteroatoms. The van der Waals surface area contributed by atoms with Gasteiger partial charge in [0.05, 0.1) is 0 Å². The molecular formula is C76H146O6. The topological polar surface area (TPSA) is 78.9 Å². The van der Waals surface area contributed by atoms with Crippen LogP contribution < -0.4 is 0 Å². The summed E-state index contributed by atoms with van der Waals surface area (Å²) in [5.74, 6) is -0.826. The molecule has 0 bridgehead atoms. The molecule has 0 aliphatic heterocycles. The first kappa shape index (κ1) is 80.2. The number of ether oxygens (including phenoxy) is 3. The van der Waals surface area contributed by atoms with E-state index in [0.29, 0.717) is 19.3 Å². The first-order valence-corrected chi connectivity index (χ1v) is 37.7. The second kappa shape index (κ2) is 71.6. The average Bonchev–Trinajstić information content (AvgIpc) is 3.48. The monoisotopic (exact) mass is 1160 g/mol. The molecule has 0 spiro atoms. The van der Waals surface area contributed by atoms with Crippen LogP contribution in [0.4, 0.5) is 0 Å². The third-order valence-electron chi connectivity index (χ3n) is 17.5. The smallest absolute Gasteiger partial charge is 0.306 e. The molecule has 0 aromatic heterocycles. The molecule has 0 aliphatic rings. The molecule has 0 N–H and O–H groups in total. The Hall–Kier alpha value is -1.85. The normalized spacial score (nSPS) is 12.0. The number of carbonyl (C=O) groups is 3. The Morgan fingerprint density at radius 2 is 0.402 bits per heavy atom. The van der Waals surface area contributed by atoms with E-state index in [2.05, 4.69) is 32.9 Å². The fourth-order valence-electron chi connectivity index (χ4n) is 11.9. The lowest BCUT2D eigenvalue weighted by atomic mass is 10.0. The van der Waals surface area contributed by atoms with Gasteiger partial charge in [0.15, 0.2) is 6.10 Å². The van der Waals surface area contributed by atoms with E-state index in [9.17, 15) is 14.4 Å². The number of carbonyl (C=O) groups excluding carboxylic acids is 3. The predicted octanol–water partition coefficient (Wildman–Crippen LogP) is 26.0. The van der Waals surface area contributed by atoms with Crippen LogP contribution in [0.5, 0.6) is 0 Å². The first-order chi connectivity index (χ1) is 40.5. The van der Waals surface area contributed by atoms with E-state index in [1.54, 1.807) is 0 Å². The van der Waals surface area contributed by atoms with Gasteiger partial charge in [-0.3, -0.25) is 14.4 Å². The zero-order valence-electron chi connectivity index (χ0n) is 56.1. The third kappa shape index (κ3) is 68.9. The summed E-state index contributed by atoms with van der Waals surface area (Å²) in [5.41, 5.74) is 0. The van der Waals surface area contributed by atoms with Crippen molar-refractivity contribution >= 4 is 17.9 Å². The van der Waals surface area contributed by atoms with Crippen LogP contribution in [0.1, 0.15) is 438 Å². The summed E-state index contributed by atoms with van der Waals surface area (Å²) >= 11 is 0. The largest absolute Gasteiger partial charge is 0.462 e. The van der Waals surface area contributed by atoms with Crippen molar-refractivity contribution in [3.05, 3.63) is 12.2 Å². The van der Waals surface area contributed by atoms with Gasteiger partial charge in [-0.25, -0.2) is 0 Å². The van der Waals surface area contributed by atoms with Gasteiger partial charge in [-0.1, -0.05) is 386 Å². The fraction of sp³-hybridized carbons (Fsp3) is 0.934. The van der Waals surface area contributed by atoms with E-state index in [4.69, 9.17) is 14.2 Å². The van der Waals surface area contributed by atoms with Crippen molar-refractivity contribution in [2.75, 3.05) is 13.2 Å². The molecule has 0 fully saturated rings. The van der Waals surface area contributed by atoms with Crippen molar-refractivity contribution in [2.24, 2.45) is 0 Å². The number of hydrogen-bond donors (Lipinski definition) is 0. The minimum absolute atomic E-state index is 0.0635. The Labute approximate surface area is 513 Å². The van der Waals surface area contributed by atoms with Gasteiger partial charge in [-0.05, 0) is 44.9 Å². The van der Waals surface area contributed by atoms with E-state index in [0.717, 1.165) is 57.8 Å². The van der Waals surface area contributed by atoms with Gasteiger partial charge in [-0.15, -0.1) is 0 Å². The molecule has 0 radical (unpaired) electrons. The van der Waals surface area contributed by atoms with Crippen LogP contribution in [-0.4, -0.2) is 37.2 Å². The first-order valence-electron chi connectivity index (χ1n) is 37.7. The molecule has 0 aromatic rings. The summed E-state index contributed by atoms with van der Waals surface area (Å²) in [6.07, 6.45) is 86.8. The highest BCUT2D eigenvalue weighted by molar-refractivity contribution is 5.71. The Balaban J connectivity index is 4.22. The van der Waals surface area contributed by atoms with E-state index in [1.807, 2.05) is 0 Å². The van der Waals surface area contributed by atoms with E-state index < -0.39 is 6.10 Å². The molecule has 0 aliphatic carbocycles. The summed E-state index contributed by atoms with van der Waals surface area (Å²) < 4.78 is 17.0. The van der Waals surface area contributed by atoms with Gasteiger partial charge in [0, 0.05) is 19.3 Å².